The standard InChI is InChI=1S/C12H20N4O2/c1-3-9-10(13)11(15(2)14-9)12(18)16-6-4-5-8(16)7-17/h8,17H,3-7,13H2,1-2H3. The summed E-state index contributed by atoms with van der Waals surface area (Å²) in [6.45, 7) is 2.64. The average Bonchev–Trinajstić information content (AvgIpc) is 2.93. The molecule has 2 heterocycles. The molecule has 0 radical (unpaired) electrons. The van der Waals surface area contributed by atoms with E-state index in [0.29, 0.717) is 24.3 Å². The second-order valence-electron chi connectivity index (χ2n) is 4.66. The predicted octanol–water partition coefficient (Wildman–Crippen LogP) is 0.162. The smallest absolute Gasteiger partial charge is 0.274 e. The fraction of sp³-hybridized carbons (Fsp3) is 0.667. The summed E-state index contributed by atoms with van der Waals surface area (Å²) in [6.07, 6.45) is 2.48. The quantitative estimate of drug-likeness (QED) is 0.802. The van der Waals surface area contributed by atoms with Crippen molar-refractivity contribution in [1.82, 2.24) is 14.7 Å². The normalized spacial score (nSPS) is 19.5. The molecule has 1 atom stereocenters. The second-order valence-corrected chi connectivity index (χ2v) is 4.66. The molecule has 1 unspecified atom stereocenters. The Balaban J connectivity index is 2.31. The number of likely N-dealkylation sites (tertiary alicyclic amines) is 1. The van der Waals surface area contributed by atoms with Crippen LogP contribution in [-0.4, -0.2) is 44.9 Å². The van der Waals surface area contributed by atoms with Crippen molar-refractivity contribution >= 4 is 11.6 Å². The van der Waals surface area contributed by atoms with Crippen LogP contribution in [0, 0.1) is 0 Å². The largest absolute Gasteiger partial charge is 0.395 e. The van der Waals surface area contributed by atoms with Crippen molar-refractivity contribution in [3.05, 3.63) is 11.4 Å². The first-order chi connectivity index (χ1) is 8.60. The molecule has 1 aliphatic heterocycles. The molecule has 1 fully saturated rings. The summed E-state index contributed by atoms with van der Waals surface area (Å²) < 4.78 is 1.54. The topological polar surface area (TPSA) is 84.4 Å². The van der Waals surface area contributed by atoms with Crippen molar-refractivity contribution in [3.63, 3.8) is 0 Å². The summed E-state index contributed by atoms with van der Waals surface area (Å²) >= 11 is 0. The van der Waals surface area contributed by atoms with E-state index in [4.69, 9.17) is 5.73 Å². The van der Waals surface area contributed by atoms with Gasteiger partial charge in [0.15, 0.2) is 0 Å². The third-order valence-electron chi connectivity index (χ3n) is 3.55. The van der Waals surface area contributed by atoms with Gasteiger partial charge in [0.1, 0.15) is 5.69 Å². The lowest BCUT2D eigenvalue weighted by atomic mass is 10.2. The van der Waals surface area contributed by atoms with Crippen LogP contribution in [0.4, 0.5) is 5.69 Å². The monoisotopic (exact) mass is 252 g/mol. The zero-order valence-electron chi connectivity index (χ0n) is 10.9. The molecule has 1 aromatic rings. The Morgan fingerprint density at radius 2 is 2.33 bits per heavy atom. The lowest BCUT2D eigenvalue weighted by Gasteiger charge is -2.23. The minimum absolute atomic E-state index is 0.00410. The molecule has 0 bridgehead atoms. The number of aryl methyl sites for hydroxylation is 2. The molecular weight excluding hydrogens is 232 g/mol. The Kier molecular flexibility index (Phi) is 3.56. The molecule has 3 N–H and O–H groups in total. The van der Waals surface area contributed by atoms with Gasteiger partial charge in [-0.2, -0.15) is 5.10 Å². The summed E-state index contributed by atoms with van der Waals surface area (Å²) in [6, 6.07) is -0.0862. The number of aliphatic hydroxyl groups excluding tert-OH is 1. The molecule has 1 saturated heterocycles. The molecule has 1 aliphatic rings. The van der Waals surface area contributed by atoms with E-state index in [0.717, 1.165) is 18.5 Å². The number of aromatic nitrogens is 2. The second kappa shape index (κ2) is 4.97. The van der Waals surface area contributed by atoms with Gasteiger partial charge in [-0.15, -0.1) is 0 Å². The molecule has 6 heteroatoms. The van der Waals surface area contributed by atoms with E-state index in [-0.39, 0.29) is 18.6 Å². The Morgan fingerprint density at radius 1 is 1.61 bits per heavy atom. The SMILES string of the molecule is CCc1nn(C)c(C(=O)N2CCCC2CO)c1N. The van der Waals surface area contributed by atoms with Gasteiger partial charge in [-0.25, -0.2) is 0 Å². The van der Waals surface area contributed by atoms with Gasteiger partial charge in [0.25, 0.3) is 5.91 Å². The number of nitrogens with two attached hydrogens (primary N) is 1. The maximum atomic E-state index is 12.5. The number of nitrogen functional groups attached to an aromatic ring is 1. The third kappa shape index (κ3) is 1.96. The van der Waals surface area contributed by atoms with Crippen LogP contribution in [-0.2, 0) is 13.5 Å². The Morgan fingerprint density at radius 3 is 2.89 bits per heavy atom. The number of rotatable bonds is 3. The van der Waals surface area contributed by atoms with E-state index in [9.17, 15) is 9.90 Å². The molecule has 0 saturated carbocycles. The Hall–Kier alpha value is -1.56. The van der Waals surface area contributed by atoms with Crippen LogP contribution in [0.2, 0.25) is 0 Å². The number of aliphatic hydroxyl groups is 1. The van der Waals surface area contributed by atoms with Gasteiger partial charge in [0.05, 0.1) is 24.0 Å². The minimum atomic E-state index is -0.126. The van der Waals surface area contributed by atoms with Gasteiger partial charge < -0.3 is 15.7 Å². The van der Waals surface area contributed by atoms with Gasteiger partial charge in [-0.1, -0.05) is 6.92 Å². The van der Waals surface area contributed by atoms with Gasteiger partial charge in [-0.3, -0.25) is 9.48 Å². The average molecular weight is 252 g/mol. The van der Waals surface area contributed by atoms with Gasteiger partial charge >= 0.3 is 0 Å². The van der Waals surface area contributed by atoms with Crippen molar-refractivity contribution in [3.8, 4) is 0 Å². The number of hydrogen-bond acceptors (Lipinski definition) is 4. The Labute approximate surface area is 106 Å². The lowest BCUT2D eigenvalue weighted by molar-refractivity contribution is 0.0667. The van der Waals surface area contributed by atoms with E-state index in [1.807, 2.05) is 6.92 Å². The van der Waals surface area contributed by atoms with Gasteiger partial charge in [0.2, 0.25) is 0 Å². The first-order valence-corrected chi connectivity index (χ1v) is 6.33. The summed E-state index contributed by atoms with van der Waals surface area (Å²) in [7, 11) is 1.73. The van der Waals surface area contributed by atoms with Crippen molar-refractivity contribution in [2.75, 3.05) is 18.9 Å². The van der Waals surface area contributed by atoms with Crippen LogP contribution in [0.25, 0.3) is 0 Å². The molecule has 1 amide bonds. The van der Waals surface area contributed by atoms with E-state index in [1.165, 1.54) is 0 Å². The molecule has 18 heavy (non-hydrogen) atoms. The highest BCUT2D eigenvalue weighted by molar-refractivity contribution is 5.98. The van der Waals surface area contributed by atoms with E-state index >= 15 is 0 Å². The summed E-state index contributed by atoms with van der Waals surface area (Å²) in [5.74, 6) is -0.126. The number of amides is 1. The van der Waals surface area contributed by atoms with Crippen LogP contribution >= 0.6 is 0 Å². The summed E-state index contributed by atoms with van der Waals surface area (Å²) in [5, 5.41) is 13.5. The highest BCUT2D eigenvalue weighted by Crippen LogP contribution is 2.24. The van der Waals surface area contributed by atoms with Crippen molar-refractivity contribution in [2.45, 2.75) is 32.2 Å². The highest BCUT2D eigenvalue weighted by atomic mass is 16.3. The van der Waals surface area contributed by atoms with Crippen LogP contribution in [0.1, 0.15) is 35.9 Å². The first-order valence-electron chi connectivity index (χ1n) is 6.33. The molecule has 100 valence electrons. The van der Waals surface area contributed by atoms with E-state index in [1.54, 1.807) is 16.6 Å². The van der Waals surface area contributed by atoms with Gasteiger partial charge in [0, 0.05) is 13.6 Å². The van der Waals surface area contributed by atoms with Gasteiger partial charge in [-0.05, 0) is 19.3 Å². The van der Waals surface area contributed by atoms with Crippen molar-refractivity contribution < 1.29 is 9.90 Å². The molecule has 2 rings (SSSR count). The maximum Gasteiger partial charge on any atom is 0.274 e. The molecule has 0 aromatic carbocycles. The van der Waals surface area contributed by atoms with Crippen LogP contribution < -0.4 is 5.73 Å². The highest BCUT2D eigenvalue weighted by Gasteiger charge is 2.32. The van der Waals surface area contributed by atoms with Crippen LogP contribution in [0.3, 0.4) is 0 Å². The lowest BCUT2D eigenvalue weighted by Crippen LogP contribution is -2.38. The van der Waals surface area contributed by atoms with E-state index < -0.39 is 0 Å². The van der Waals surface area contributed by atoms with Crippen molar-refractivity contribution in [1.29, 1.82) is 0 Å². The summed E-state index contributed by atoms with van der Waals surface area (Å²) in [4.78, 5) is 14.2. The molecule has 0 spiro atoms. The van der Waals surface area contributed by atoms with Crippen LogP contribution in [0.5, 0.6) is 0 Å². The fourth-order valence-corrected chi connectivity index (χ4v) is 2.54. The zero-order valence-corrected chi connectivity index (χ0v) is 10.9. The predicted molar refractivity (Wildman–Crippen MR) is 68.1 cm³/mol. The molecule has 6 nitrogen and oxygen atoms in total. The minimum Gasteiger partial charge on any atom is -0.395 e. The number of carbonyl (C=O) groups is 1. The van der Waals surface area contributed by atoms with Crippen LogP contribution in [0.15, 0.2) is 0 Å². The molecule has 0 aliphatic carbocycles. The third-order valence-corrected chi connectivity index (χ3v) is 3.55. The molecule has 1 aromatic heterocycles. The number of nitrogens with zero attached hydrogens (tertiary/aromatic N) is 3. The zero-order chi connectivity index (χ0) is 13.3. The number of anilines is 1. The number of hydrogen-bond donors (Lipinski definition) is 2. The Bertz CT molecular complexity index is 455. The fourth-order valence-electron chi connectivity index (χ4n) is 2.54. The summed E-state index contributed by atoms with van der Waals surface area (Å²) in [5.41, 5.74) is 7.63. The number of carbonyl (C=O) groups excluding carboxylic acids is 1. The first kappa shape index (κ1) is 12.9. The van der Waals surface area contributed by atoms with Crippen molar-refractivity contribution in [2.24, 2.45) is 7.05 Å². The molecular formula is C12H20N4O2. The van der Waals surface area contributed by atoms with E-state index in [2.05, 4.69) is 5.10 Å². The maximum absolute atomic E-state index is 12.5.